The quantitative estimate of drug-likeness (QED) is 0.829. The number of ether oxygens (including phenoxy) is 4. The van der Waals surface area contributed by atoms with Gasteiger partial charge in [0.2, 0.25) is 6.79 Å². The molecule has 2 aromatic carbocycles. The Morgan fingerprint density at radius 1 is 1.20 bits per heavy atom. The van der Waals surface area contributed by atoms with Gasteiger partial charge in [-0.25, -0.2) is 4.79 Å². The van der Waals surface area contributed by atoms with Crippen LogP contribution < -0.4 is 18.9 Å². The van der Waals surface area contributed by atoms with E-state index >= 15 is 0 Å². The van der Waals surface area contributed by atoms with Crippen molar-refractivity contribution < 1.29 is 28.8 Å². The van der Waals surface area contributed by atoms with Crippen LogP contribution in [0.15, 0.2) is 36.4 Å². The Hall–Kier alpha value is -2.89. The van der Waals surface area contributed by atoms with Crippen molar-refractivity contribution in [2.75, 3.05) is 20.5 Å². The molecule has 0 spiro atoms. The van der Waals surface area contributed by atoms with Gasteiger partial charge >= 0.3 is 5.97 Å². The Kier molecular flexibility index (Phi) is 4.97. The first-order chi connectivity index (χ1) is 12.1. The lowest BCUT2D eigenvalue weighted by atomic mass is 9.88. The number of methoxy groups -OCH3 is 1. The van der Waals surface area contributed by atoms with E-state index in [0.29, 0.717) is 17.2 Å². The zero-order valence-electron chi connectivity index (χ0n) is 14.2. The number of benzene rings is 2. The monoisotopic (exact) mass is 344 g/mol. The van der Waals surface area contributed by atoms with Crippen LogP contribution in [-0.4, -0.2) is 31.6 Å². The van der Waals surface area contributed by atoms with Crippen LogP contribution in [0.3, 0.4) is 0 Å². The summed E-state index contributed by atoms with van der Waals surface area (Å²) in [5.41, 5.74) is 1.96. The molecular formula is C19H20O6. The van der Waals surface area contributed by atoms with Gasteiger partial charge in [-0.15, -0.1) is 0 Å². The van der Waals surface area contributed by atoms with Gasteiger partial charge in [0.1, 0.15) is 11.5 Å². The van der Waals surface area contributed by atoms with E-state index in [0.717, 1.165) is 23.3 Å². The third kappa shape index (κ3) is 3.63. The molecule has 1 aliphatic heterocycles. The molecule has 1 N–H and O–H groups in total. The van der Waals surface area contributed by atoms with Crippen molar-refractivity contribution in [1.82, 2.24) is 0 Å². The molecule has 6 nitrogen and oxygen atoms in total. The molecule has 0 bridgehead atoms. The van der Waals surface area contributed by atoms with Crippen LogP contribution in [0, 0.1) is 0 Å². The summed E-state index contributed by atoms with van der Waals surface area (Å²) in [6.45, 7) is 1.81. The summed E-state index contributed by atoms with van der Waals surface area (Å²) in [5, 5.41) is 8.93. The summed E-state index contributed by atoms with van der Waals surface area (Å²) in [4.78, 5) is 10.9. The third-order valence-corrected chi connectivity index (χ3v) is 4.16. The lowest BCUT2D eigenvalue weighted by Crippen LogP contribution is -2.12. The van der Waals surface area contributed by atoms with E-state index in [1.807, 2.05) is 30.3 Å². The number of hydrogen-bond donors (Lipinski definition) is 1. The van der Waals surface area contributed by atoms with E-state index in [2.05, 4.69) is 6.92 Å². The summed E-state index contributed by atoms with van der Waals surface area (Å²) in [7, 11) is 1.63. The average molecular weight is 344 g/mol. The minimum Gasteiger partial charge on any atom is -0.497 e. The van der Waals surface area contributed by atoms with E-state index in [9.17, 15) is 4.79 Å². The SMILES string of the molecule is CC[C@H](c1ccc(OC)cc1)c1cc2c(cc1OCC(=O)O)OCO2. The standard InChI is InChI=1S/C19H20O6/c1-3-14(12-4-6-13(22-2)7-5-12)15-8-17-18(25-11-24-17)9-16(15)23-10-19(20)21/h4-9,14H,3,10-11H2,1-2H3,(H,20,21)/t14-/m1/s1. The Morgan fingerprint density at radius 2 is 1.88 bits per heavy atom. The minimum absolute atomic E-state index is 0.0317. The first-order valence-electron chi connectivity index (χ1n) is 8.04. The molecule has 3 rings (SSSR count). The van der Waals surface area contributed by atoms with Gasteiger partial charge in [0.25, 0.3) is 0 Å². The Bertz CT molecular complexity index is 753. The highest BCUT2D eigenvalue weighted by Crippen LogP contribution is 2.43. The number of carboxylic acid groups (broad SMARTS) is 1. The smallest absolute Gasteiger partial charge is 0.341 e. The van der Waals surface area contributed by atoms with Crippen LogP contribution in [-0.2, 0) is 4.79 Å². The molecule has 1 heterocycles. The number of aliphatic carboxylic acids is 1. The van der Waals surface area contributed by atoms with Crippen molar-refractivity contribution in [1.29, 1.82) is 0 Å². The van der Waals surface area contributed by atoms with E-state index in [4.69, 9.17) is 24.1 Å². The van der Waals surface area contributed by atoms with Gasteiger partial charge in [-0.2, -0.15) is 0 Å². The molecular weight excluding hydrogens is 324 g/mol. The van der Waals surface area contributed by atoms with Crippen LogP contribution in [0.25, 0.3) is 0 Å². The van der Waals surface area contributed by atoms with Crippen molar-refractivity contribution in [3.63, 3.8) is 0 Å². The molecule has 1 atom stereocenters. The number of rotatable bonds is 7. The predicted octanol–water partition coefficient (Wildman–Crippen LogP) is 3.43. The van der Waals surface area contributed by atoms with Gasteiger partial charge in [-0.1, -0.05) is 19.1 Å². The molecule has 132 valence electrons. The average Bonchev–Trinajstić information content (AvgIpc) is 3.08. The topological polar surface area (TPSA) is 74.2 Å². The number of fused-ring (bicyclic) bond motifs is 1. The molecule has 6 heteroatoms. The second-order valence-electron chi connectivity index (χ2n) is 5.66. The Labute approximate surface area is 145 Å². The van der Waals surface area contributed by atoms with E-state index in [1.165, 1.54) is 0 Å². The van der Waals surface area contributed by atoms with Gasteiger partial charge in [-0.05, 0) is 30.2 Å². The molecule has 0 unspecified atom stereocenters. The first-order valence-corrected chi connectivity index (χ1v) is 8.04. The second kappa shape index (κ2) is 7.34. The van der Waals surface area contributed by atoms with Gasteiger partial charge in [0.05, 0.1) is 7.11 Å². The van der Waals surface area contributed by atoms with Gasteiger partial charge in [0, 0.05) is 17.5 Å². The molecule has 0 aliphatic carbocycles. The fourth-order valence-corrected chi connectivity index (χ4v) is 2.95. The van der Waals surface area contributed by atoms with E-state index < -0.39 is 12.6 Å². The van der Waals surface area contributed by atoms with Crippen molar-refractivity contribution in [3.05, 3.63) is 47.5 Å². The van der Waals surface area contributed by atoms with Crippen molar-refractivity contribution in [2.45, 2.75) is 19.3 Å². The number of carboxylic acids is 1. The second-order valence-corrected chi connectivity index (χ2v) is 5.66. The Balaban J connectivity index is 2.00. The first kappa shape index (κ1) is 17.0. The molecule has 0 saturated carbocycles. The van der Waals surface area contributed by atoms with Crippen molar-refractivity contribution >= 4 is 5.97 Å². The van der Waals surface area contributed by atoms with Crippen molar-refractivity contribution in [3.8, 4) is 23.0 Å². The zero-order valence-corrected chi connectivity index (χ0v) is 14.2. The third-order valence-electron chi connectivity index (χ3n) is 4.16. The summed E-state index contributed by atoms with van der Waals surface area (Å²) in [6.07, 6.45) is 0.815. The van der Waals surface area contributed by atoms with Crippen LogP contribution in [0.2, 0.25) is 0 Å². The van der Waals surface area contributed by atoms with Crippen LogP contribution in [0.5, 0.6) is 23.0 Å². The maximum Gasteiger partial charge on any atom is 0.341 e. The van der Waals surface area contributed by atoms with Gasteiger partial charge in [-0.3, -0.25) is 0 Å². The van der Waals surface area contributed by atoms with Crippen molar-refractivity contribution in [2.24, 2.45) is 0 Å². The van der Waals surface area contributed by atoms with Crippen LogP contribution >= 0.6 is 0 Å². The summed E-state index contributed by atoms with van der Waals surface area (Å²) < 4.78 is 21.6. The summed E-state index contributed by atoms with van der Waals surface area (Å²) in [5.74, 6) is 1.49. The molecule has 1 aliphatic rings. The molecule has 0 fully saturated rings. The van der Waals surface area contributed by atoms with Gasteiger partial charge < -0.3 is 24.1 Å². The number of carbonyl (C=O) groups is 1. The Morgan fingerprint density at radius 3 is 2.48 bits per heavy atom. The fraction of sp³-hybridized carbons (Fsp3) is 0.316. The minimum atomic E-state index is -1.03. The zero-order chi connectivity index (χ0) is 17.8. The lowest BCUT2D eigenvalue weighted by Gasteiger charge is -2.20. The normalized spacial score (nSPS) is 13.4. The highest BCUT2D eigenvalue weighted by Gasteiger charge is 2.24. The molecule has 25 heavy (non-hydrogen) atoms. The summed E-state index contributed by atoms with van der Waals surface area (Å²) in [6, 6.07) is 11.4. The maximum atomic E-state index is 10.9. The van der Waals surface area contributed by atoms with E-state index in [1.54, 1.807) is 13.2 Å². The highest BCUT2D eigenvalue weighted by molar-refractivity contribution is 5.68. The summed E-state index contributed by atoms with van der Waals surface area (Å²) >= 11 is 0. The molecule has 0 aromatic heterocycles. The van der Waals surface area contributed by atoms with E-state index in [-0.39, 0.29) is 12.7 Å². The highest BCUT2D eigenvalue weighted by atomic mass is 16.7. The number of hydrogen-bond acceptors (Lipinski definition) is 5. The molecule has 0 amide bonds. The molecule has 0 radical (unpaired) electrons. The fourth-order valence-electron chi connectivity index (χ4n) is 2.95. The molecule has 0 saturated heterocycles. The maximum absolute atomic E-state index is 10.9. The lowest BCUT2D eigenvalue weighted by molar-refractivity contribution is -0.139. The largest absolute Gasteiger partial charge is 0.497 e. The predicted molar refractivity (Wildman–Crippen MR) is 90.8 cm³/mol. The van der Waals surface area contributed by atoms with Gasteiger partial charge in [0.15, 0.2) is 18.1 Å². The molecule has 2 aromatic rings. The van der Waals surface area contributed by atoms with Crippen LogP contribution in [0.1, 0.15) is 30.4 Å². The van der Waals surface area contributed by atoms with Crippen LogP contribution in [0.4, 0.5) is 0 Å².